The number of nitrogens with zero attached hydrogens (tertiary/aromatic N) is 1. The lowest BCUT2D eigenvalue weighted by atomic mass is 9.99. The maximum absolute atomic E-state index is 13.4. The predicted molar refractivity (Wildman–Crippen MR) is 97.2 cm³/mol. The third-order valence-electron chi connectivity index (χ3n) is 4.99. The van der Waals surface area contributed by atoms with Gasteiger partial charge in [-0.3, -0.25) is 9.59 Å². The molecule has 4 nitrogen and oxygen atoms in total. The molecule has 1 aliphatic heterocycles. The lowest BCUT2D eigenvalue weighted by molar-refractivity contribution is -0.128. The lowest BCUT2D eigenvalue weighted by Gasteiger charge is -2.32. The molecule has 2 aromatic carbocycles. The zero-order valence-corrected chi connectivity index (χ0v) is 14.2. The van der Waals surface area contributed by atoms with Crippen molar-refractivity contribution in [1.29, 1.82) is 0 Å². The average Bonchev–Trinajstić information content (AvgIpc) is 3.51. The van der Waals surface area contributed by atoms with E-state index in [9.17, 15) is 9.59 Å². The van der Waals surface area contributed by atoms with E-state index in [-0.39, 0.29) is 17.7 Å². The van der Waals surface area contributed by atoms with Crippen LogP contribution in [0.1, 0.15) is 36.4 Å². The molecule has 1 fully saturated rings. The molecule has 0 radical (unpaired) electrons. The molecule has 0 spiro atoms. The highest BCUT2D eigenvalue weighted by Gasteiger charge is 2.35. The third kappa shape index (κ3) is 3.29. The van der Waals surface area contributed by atoms with E-state index in [0.717, 1.165) is 36.9 Å². The molecule has 1 saturated carbocycles. The molecule has 1 aliphatic carbocycles. The van der Waals surface area contributed by atoms with Crippen molar-refractivity contribution in [2.24, 2.45) is 5.92 Å². The number of nitrogens with one attached hydrogen (secondary N) is 1. The fourth-order valence-electron chi connectivity index (χ4n) is 3.46. The summed E-state index contributed by atoms with van der Waals surface area (Å²) in [5, 5.41) is 2.99. The van der Waals surface area contributed by atoms with Crippen molar-refractivity contribution in [3.63, 3.8) is 0 Å². The number of aryl methyl sites for hydroxylation is 1. The Kier molecular flexibility index (Phi) is 4.26. The minimum absolute atomic E-state index is 0.00695. The molecule has 1 N–H and O–H groups in total. The average molecular weight is 334 g/mol. The minimum atomic E-state index is -0.625. The molecule has 128 valence electrons. The Morgan fingerprint density at radius 1 is 1.00 bits per heavy atom. The van der Waals surface area contributed by atoms with Crippen LogP contribution < -0.4 is 10.2 Å². The van der Waals surface area contributed by atoms with E-state index in [1.165, 1.54) is 5.56 Å². The smallest absolute Gasteiger partial charge is 0.254 e. The molecule has 0 aromatic heterocycles. The number of carbonyl (C=O) groups is 2. The highest BCUT2D eigenvalue weighted by atomic mass is 16.2. The molecule has 0 bridgehead atoms. The number of fused-ring (bicyclic) bond motifs is 1. The molecule has 0 unspecified atom stereocenters. The zero-order chi connectivity index (χ0) is 17.2. The lowest BCUT2D eigenvalue weighted by Crippen LogP contribution is -2.45. The quantitative estimate of drug-likeness (QED) is 0.933. The fourth-order valence-corrected chi connectivity index (χ4v) is 3.46. The molecule has 4 heteroatoms. The van der Waals surface area contributed by atoms with Crippen LogP contribution in [0.3, 0.4) is 0 Å². The van der Waals surface area contributed by atoms with Crippen molar-refractivity contribution < 1.29 is 9.59 Å². The summed E-state index contributed by atoms with van der Waals surface area (Å²) in [4.78, 5) is 27.5. The van der Waals surface area contributed by atoms with E-state index in [1.807, 2.05) is 53.4 Å². The Labute approximate surface area is 147 Å². The van der Waals surface area contributed by atoms with Crippen LogP contribution in [0, 0.1) is 5.92 Å². The van der Waals surface area contributed by atoms with E-state index >= 15 is 0 Å². The normalized spacial score (nSPS) is 17.5. The number of rotatable bonds is 4. The largest absolute Gasteiger partial charge is 0.340 e. The first-order chi connectivity index (χ1) is 12.2. The summed E-state index contributed by atoms with van der Waals surface area (Å²) in [5.41, 5.74) is 3.01. The fraction of sp³-hybridized carbons (Fsp3) is 0.333. The molecule has 1 atom stereocenters. The van der Waals surface area contributed by atoms with Crippen molar-refractivity contribution >= 4 is 17.5 Å². The first kappa shape index (κ1) is 15.9. The Morgan fingerprint density at radius 3 is 2.48 bits per heavy atom. The SMILES string of the molecule is O=C(N[C@H](C(=O)N1CCCc2ccccc21)c1ccccc1)C1CC1. The molecule has 4 rings (SSSR count). The number of hydrogen-bond donors (Lipinski definition) is 1. The summed E-state index contributed by atoms with van der Waals surface area (Å²) in [6, 6.07) is 17.0. The summed E-state index contributed by atoms with van der Waals surface area (Å²) in [5.74, 6) is 0.0208. The van der Waals surface area contributed by atoms with Crippen molar-refractivity contribution in [2.45, 2.75) is 31.7 Å². The Balaban J connectivity index is 1.65. The second-order valence-corrected chi connectivity index (χ2v) is 6.85. The summed E-state index contributed by atoms with van der Waals surface area (Å²) < 4.78 is 0. The number of amides is 2. The van der Waals surface area contributed by atoms with Crippen LogP contribution in [0.4, 0.5) is 5.69 Å². The monoisotopic (exact) mass is 334 g/mol. The Bertz CT molecular complexity index is 783. The summed E-state index contributed by atoms with van der Waals surface area (Å²) >= 11 is 0. The number of carbonyl (C=O) groups excluding carboxylic acids is 2. The number of para-hydroxylation sites is 1. The van der Waals surface area contributed by atoms with Gasteiger partial charge in [0.15, 0.2) is 0 Å². The van der Waals surface area contributed by atoms with Crippen molar-refractivity contribution in [2.75, 3.05) is 11.4 Å². The summed E-state index contributed by atoms with van der Waals surface area (Å²) in [6.45, 7) is 0.693. The van der Waals surface area contributed by atoms with Crippen LogP contribution >= 0.6 is 0 Å². The maximum atomic E-state index is 13.4. The van der Waals surface area contributed by atoms with Gasteiger partial charge < -0.3 is 10.2 Å². The molecule has 1 heterocycles. The highest BCUT2D eigenvalue weighted by molar-refractivity contribution is 6.01. The van der Waals surface area contributed by atoms with Crippen molar-refractivity contribution in [1.82, 2.24) is 5.32 Å². The third-order valence-corrected chi connectivity index (χ3v) is 4.99. The van der Waals surface area contributed by atoms with Crippen LogP contribution in [-0.2, 0) is 16.0 Å². The van der Waals surface area contributed by atoms with Crippen molar-refractivity contribution in [3.05, 3.63) is 65.7 Å². The summed E-state index contributed by atoms with van der Waals surface area (Å²) in [7, 11) is 0. The standard InChI is InChI=1S/C21H22N2O2/c24-20(17-12-13-17)22-19(16-8-2-1-3-9-16)21(25)23-14-6-10-15-7-4-5-11-18(15)23/h1-5,7-9,11,17,19H,6,10,12-14H2,(H,22,24)/t19-/m0/s1. The van der Waals surface area contributed by atoms with Gasteiger partial charge in [-0.1, -0.05) is 48.5 Å². The maximum Gasteiger partial charge on any atom is 0.254 e. The van der Waals surface area contributed by atoms with Gasteiger partial charge in [-0.2, -0.15) is 0 Å². The highest BCUT2D eigenvalue weighted by Crippen LogP contribution is 2.32. The summed E-state index contributed by atoms with van der Waals surface area (Å²) in [6.07, 6.45) is 3.79. The molecule has 25 heavy (non-hydrogen) atoms. The topological polar surface area (TPSA) is 49.4 Å². The predicted octanol–water partition coefficient (Wildman–Crippen LogP) is 3.23. The van der Waals surface area contributed by atoms with Gasteiger partial charge in [0, 0.05) is 18.2 Å². The number of hydrogen-bond acceptors (Lipinski definition) is 2. The van der Waals surface area contributed by atoms with E-state index in [1.54, 1.807) is 0 Å². The van der Waals surface area contributed by atoms with Gasteiger partial charge in [-0.05, 0) is 42.9 Å². The molecular formula is C21H22N2O2. The minimum Gasteiger partial charge on any atom is -0.340 e. The number of benzene rings is 2. The first-order valence-electron chi connectivity index (χ1n) is 8.98. The van der Waals surface area contributed by atoms with Crippen LogP contribution in [0.2, 0.25) is 0 Å². The van der Waals surface area contributed by atoms with Gasteiger partial charge in [-0.15, -0.1) is 0 Å². The van der Waals surface area contributed by atoms with Gasteiger partial charge in [-0.25, -0.2) is 0 Å². The van der Waals surface area contributed by atoms with Crippen LogP contribution in [0.5, 0.6) is 0 Å². The molecule has 2 aliphatic rings. The molecule has 2 aromatic rings. The van der Waals surface area contributed by atoms with Gasteiger partial charge >= 0.3 is 0 Å². The second kappa shape index (κ2) is 6.71. The van der Waals surface area contributed by atoms with E-state index < -0.39 is 6.04 Å². The van der Waals surface area contributed by atoms with Crippen molar-refractivity contribution in [3.8, 4) is 0 Å². The zero-order valence-electron chi connectivity index (χ0n) is 14.2. The van der Waals surface area contributed by atoms with Gasteiger partial charge in [0.1, 0.15) is 6.04 Å². The van der Waals surface area contributed by atoms with Crippen LogP contribution in [0.25, 0.3) is 0 Å². The van der Waals surface area contributed by atoms with Gasteiger partial charge in [0.05, 0.1) is 0 Å². The van der Waals surface area contributed by atoms with E-state index in [4.69, 9.17) is 0 Å². The Morgan fingerprint density at radius 2 is 1.72 bits per heavy atom. The van der Waals surface area contributed by atoms with E-state index in [2.05, 4.69) is 11.4 Å². The molecule has 0 saturated heterocycles. The van der Waals surface area contributed by atoms with E-state index in [0.29, 0.717) is 6.54 Å². The van der Waals surface area contributed by atoms with Crippen LogP contribution in [-0.4, -0.2) is 18.4 Å². The van der Waals surface area contributed by atoms with Gasteiger partial charge in [0.2, 0.25) is 5.91 Å². The molecular weight excluding hydrogens is 312 g/mol. The second-order valence-electron chi connectivity index (χ2n) is 6.85. The molecule has 2 amide bonds. The Hall–Kier alpha value is -2.62. The first-order valence-corrected chi connectivity index (χ1v) is 8.98. The van der Waals surface area contributed by atoms with Crippen LogP contribution in [0.15, 0.2) is 54.6 Å². The van der Waals surface area contributed by atoms with Gasteiger partial charge in [0.25, 0.3) is 5.91 Å². The number of anilines is 1.